The zero-order valence-corrected chi connectivity index (χ0v) is 14.5. The minimum Gasteiger partial charge on any atom is -0.340 e. The standard InChI is InChI=1S/C20H18N4O2/c1-13(25)15-7-6-10-17(11-15)23-19-12-18(21-14(2)22-19)20(26)24-16-8-4-3-5-9-16/h3-12H,1-2H3,(H,24,26)(H,21,22,23). The van der Waals surface area contributed by atoms with Crippen LogP contribution in [0.1, 0.15) is 33.6 Å². The number of hydrogen-bond acceptors (Lipinski definition) is 5. The number of aromatic nitrogens is 2. The summed E-state index contributed by atoms with van der Waals surface area (Å²) in [6.07, 6.45) is 0. The van der Waals surface area contributed by atoms with Crippen LogP contribution in [0.5, 0.6) is 0 Å². The first kappa shape index (κ1) is 17.3. The number of nitrogens with zero attached hydrogens (tertiary/aromatic N) is 2. The van der Waals surface area contributed by atoms with E-state index in [1.54, 1.807) is 43.3 Å². The third kappa shape index (κ3) is 4.30. The van der Waals surface area contributed by atoms with Gasteiger partial charge in [-0.3, -0.25) is 9.59 Å². The molecule has 0 saturated heterocycles. The van der Waals surface area contributed by atoms with E-state index in [1.165, 1.54) is 6.92 Å². The Hall–Kier alpha value is -3.54. The van der Waals surface area contributed by atoms with E-state index in [4.69, 9.17) is 0 Å². The predicted octanol–water partition coefficient (Wildman–Crippen LogP) is 3.98. The summed E-state index contributed by atoms with van der Waals surface area (Å²) in [5, 5.41) is 5.91. The van der Waals surface area contributed by atoms with Crippen LogP contribution < -0.4 is 10.6 Å². The minimum absolute atomic E-state index is 0.0181. The fraction of sp³-hybridized carbons (Fsp3) is 0.100. The smallest absolute Gasteiger partial charge is 0.274 e. The quantitative estimate of drug-likeness (QED) is 0.683. The van der Waals surface area contributed by atoms with Crippen molar-refractivity contribution in [1.29, 1.82) is 0 Å². The number of Topliss-reactive ketones (excluding diaryl/α,β-unsaturated/α-hetero) is 1. The summed E-state index contributed by atoms with van der Waals surface area (Å²) in [5.74, 6) is 0.616. The Kier molecular flexibility index (Phi) is 5.03. The number of rotatable bonds is 5. The molecule has 1 aromatic heterocycles. The molecule has 0 aliphatic carbocycles. The third-order valence-electron chi connectivity index (χ3n) is 3.64. The molecule has 0 aliphatic rings. The Morgan fingerprint density at radius 1 is 0.885 bits per heavy atom. The van der Waals surface area contributed by atoms with Gasteiger partial charge in [-0.1, -0.05) is 30.3 Å². The SMILES string of the molecule is CC(=O)c1cccc(Nc2cc(C(=O)Nc3ccccc3)nc(C)n2)c1. The van der Waals surface area contributed by atoms with Gasteiger partial charge in [-0.05, 0) is 38.1 Å². The first-order valence-corrected chi connectivity index (χ1v) is 8.11. The molecule has 0 radical (unpaired) electrons. The number of benzene rings is 2. The summed E-state index contributed by atoms with van der Waals surface area (Å²) in [7, 11) is 0. The lowest BCUT2D eigenvalue weighted by molar-refractivity contribution is 0.101. The monoisotopic (exact) mass is 346 g/mol. The lowest BCUT2D eigenvalue weighted by atomic mass is 10.1. The Balaban J connectivity index is 1.82. The van der Waals surface area contributed by atoms with Crippen LogP contribution in [0.2, 0.25) is 0 Å². The Morgan fingerprint density at radius 3 is 2.35 bits per heavy atom. The van der Waals surface area contributed by atoms with Crippen LogP contribution in [-0.2, 0) is 0 Å². The lowest BCUT2D eigenvalue weighted by Gasteiger charge is -2.10. The molecule has 0 fully saturated rings. The van der Waals surface area contributed by atoms with Gasteiger partial charge in [0, 0.05) is 23.0 Å². The molecule has 0 aliphatic heterocycles. The second-order valence-corrected chi connectivity index (χ2v) is 5.77. The van der Waals surface area contributed by atoms with Gasteiger partial charge in [0.25, 0.3) is 5.91 Å². The number of ketones is 1. The van der Waals surface area contributed by atoms with Gasteiger partial charge in [0.2, 0.25) is 0 Å². The molecule has 2 aromatic carbocycles. The molecule has 3 aromatic rings. The maximum atomic E-state index is 12.4. The Labute approximate surface area is 151 Å². The van der Waals surface area contributed by atoms with Crippen molar-refractivity contribution in [3.63, 3.8) is 0 Å². The second kappa shape index (κ2) is 7.57. The van der Waals surface area contributed by atoms with E-state index in [1.807, 2.05) is 24.3 Å². The van der Waals surface area contributed by atoms with E-state index in [-0.39, 0.29) is 17.4 Å². The van der Waals surface area contributed by atoms with E-state index in [9.17, 15) is 9.59 Å². The molecule has 0 atom stereocenters. The van der Waals surface area contributed by atoms with Crippen molar-refractivity contribution >= 4 is 28.9 Å². The van der Waals surface area contributed by atoms with Gasteiger partial charge in [-0.15, -0.1) is 0 Å². The molecule has 2 N–H and O–H groups in total. The molecule has 0 unspecified atom stereocenters. The number of para-hydroxylation sites is 1. The number of anilines is 3. The van der Waals surface area contributed by atoms with Crippen LogP contribution in [0.15, 0.2) is 60.7 Å². The van der Waals surface area contributed by atoms with Gasteiger partial charge >= 0.3 is 0 Å². The molecule has 0 spiro atoms. The molecule has 1 amide bonds. The number of amides is 1. The maximum Gasteiger partial charge on any atom is 0.274 e. The summed E-state index contributed by atoms with van der Waals surface area (Å²) < 4.78 is 0. The topological polar surface area (TPSA) is 84.0 Å². The van der Waals surface area contributed by atoms with Gasteiger partial charge in [0.1, 0.15) is 17.3 Å². The first-order valence-electron chi connectivity index (χ1n) is 8.11. The number of aryl methyl sites for hydroxylation is 1. The van der Waals surface area contributed by atoms with Crippen molar-refractivity contribution in [2.24, 2.45) is 0 Å². The molecular formula is C20H18N4O2. The van der Waals surface area contributed by atoms with Crippen LogP contribution in [-0.4, -0.2) is 21.7 Å². The molecule has 3 rings (SSSR count). The summed E-state index contributed by atoms with van der Waals surface area (Å²) in [6, 6.07) is 17.8. The first-order chi connectivity index (χ1) is 12.5. The predicted molar refractivity (Wildman–Crippen MR) is 101 cm³/mol. The number of nitrogens with one attached hydrogen (secondary N) is 2. The van der Waals surface area contributed by atoms with Crippen molar-refractivity contribution in [2.75, 3.05) is 10.6 Å². The van der Waals surface area contributed by atoms with Crippen molar-refractivity contribution in [1.82, 2.24) is 9.97 Å². The highest BCUT2D eigenvalue weighted by Gasteiger charge is 2.11. The van der Waals surface area contributed by atoms with E-state index in [0.29, 0.717) is 28.6 Å². The highest BCUT2D eigenvalue weighted by Crippen LogP contribution is 2.18. The zero-order valence-electron chi connectivity index (χ0n) is 14.5. The summed E-state index contributed by atoms with van der Waals surface area (Å²) >= 11 is 0. The van der Waals surface area contributed by atoms with Gasteiger partial charge in [0.15, 0.2) is 5.78 Å². The fourth-order valence-corrected chi connectivity index (χ4v) is 2.43. The van der Waals surface area contributed by atoms with Crippen molar-refractivity contribution < 1.29 is 9.59 Å². The van der Waals surface area contributed by atoms with Gasteiger partial charge in [-0.2, -0.15) is 0 Å². The number of carbonyl (C=O) groups is 2. The number of carbonyl (C=O) groups excluding carboxylic acids is 2. The fourth-order valence-electron chi connectivity index (χ4n) is 2.43. The molecule has 130 valence electrons. The molecule has 6 nitrogen and oxygen atoms in total. The largest absolute Gasteiger partial charge is 0.340 e. The average molecular weight is 346 g/mol. The Bertz CT molecular complexity index is 955. The van der Waals surface area contributed by atoms with Crippen LogP contribution in [0, 0.1) is 6.92 Å². The van der Waals surface area contributed by atoms with Crippen molar-refractivity contribution in [2.45, 2.75) is 13.8 Å². The van der Waals surface area contributed by atoms with Gasteiger partial charge in [-0.25, -0.2) is 9.97 Å². The lowest BCUT2D eigenvalue weighted by Crippen LogP contribution is -2.15. The van der Waals surface area contributed by atoms with Crippen molar-refractivity contribution in [3.8, 4) is 0 Å². The van der Waals surface area contributed by atoms with E-state index in [0.717, 1.165) is 0 Å². The van der Waals surface area contributed by atoms with Gasteiger partial charge < -0.3 is 10.6 Å². The van der Waals surface area contributed by atoms with Crippen LogP contribution in [0.3, 0.4) is 0 Å². The van der Waals surface area contributed by atoms with Gasteiger partial charge in [0.05, 0.1) is 0 Å². The van der Waals surface area contributed by atoms with E-state index < -0.39 is 0 Å². The summed E-state index contributed by atoms with van der Waals surface area (Å²) in [6.45, 7) is 3.23. The molecule has 6 heteroatoms. The van der Waals surface area contributed by atoms with Crippen molar-refractivity contribution in [3.05, 3.63) is 77.7 Å². The summed E-state index contributed by atoms with van der Waals surface area (Å²) in [4.78, 5) is 32.5. The zero-order chi connectivity index (χ0) is 18.5. The van der Waals surface area contributed by atoms with Crippen LogP contribution in [0.25, 0.3) is 0 Å². The number of hydrogen-bond donors (Lipinski definition) is 2. The normalized spacial score (nSPS) is 10.2. The van der Waals surface area contributed by atoms with Crippen LogP contribution in [0.4, 0.5) is 17.2 Å². The van der Waals surface area contributed by atoms with E-state index in [2.05, 4.69) is 20.6 Å². The maximum absolute atomic E-state index is 12.4. The molecule has 26 heavy (non-hydrogen) atoms. The van der Waals surface area contributed by atoms with E-state index >= 15 is 0 Å². The minimum atomic E-state index is -0.317. The second-order valence-electron chi connectivity index (χ2n) is 5.77. The highest BCUT2D eigenvalue weighted by atomic mass is 16.2. The molecular weight excluding hydrogens is 328 g/mol. The summed E-state index contributed by atoms with van der Waals surface area (Å²) in [5.41, 5.74) is 2.26. The highest BCUT2D eigenvalue weighted by molar-refractivity contribution is 6.03. The Morgan fingerprint density at radius 2 is 1.62 bits per heavy atom. The average Bonchev–Trinajstić information content (AvgIpc) is 2.62. The third-order valence-corrected chi connectivity index (χ3v) is 3.64. The molecule has 0 bridgehead atoms. The van der Waals surface area contributed by atoms with Crippen LogP contribution >= 0.6 is 0 Å². The molecule has 1 heterocycles. The molecule has 0 saturated carbocycles.